The molecule has 0 radical (unpaired) electrons. The largest absolute Gasteiger partial charge is 0.466 e. The van der Waals surface area contributed by atoms with Gasteiger partial charge in [0.05, 0.1) is 18.8 Å². The maximum atomic E-state index is 11.9. The van der Waals surface area contributed by atoms with Crippen LogP contribution in [-0.2, 0) is 5.60 Å². The van der Waals surface area contributed by atoms with Crippen molar-refractivity contribution >= 4 is 17.6 Å². The molecule has 22 heavy (non-hydrogen) atoms. The highest BCUT2D eigenvalue weighted by atomic mass is 35.5. The van der Waals surface area contributed by atoms with E-state index in [1.807, 2.05) is 19.1 Å². The van der Waals surface area contributed by atoms with Gasteiger partial charge in [-0.05, 0) is 43.7 Å². The van der Waals surface area contributed by atoms with E-state index < -0.39 is 5.60 Å². The number of carbonyl (C=O) groups excluding carboxylic acids is 1. The van der Waals surface area contributed by atoms with Crippen LogP contribution in [0.25, 0.3) is 0 Å². The molecule has 0 saturated heterocycles. The van der Waals surface area contributed by atoms with E-state index in [1.54, 1.807) is 31.2 Å². The lowest BCUT2D eigenvalue weighted by Crippen LogP contribution is -2.44. The van der Waals surface area contributed by atoms with Crippen LogP contribution in [-0.4, -0.2) is 17.7 Å². The number of hydrogen-bond acceptors (Lipinski definition) is 3. The first kappa shape index (κ1) is 16.4. The Morgan fingerprint density at radius 1 is 1.41 bits per heavy atom. The molecule has 3 N–H and O–H groups in total. The second-order valence-corrected chi connectivity index (χ2v) is 5.79. The predicted octanol–water partition coefficient (Wildman–Crippen LogP) is 3.20. The Balaban J connectivity index is 1.88. The molecule has 2 aromatic rings. The Labute approximate surface area is 134 Å². The van der Waals surface area contributed by atoms with E-state index in [0.29, 0.717) is 10.8 Å². The van der Waals surface area contributed by atoms with E-state index in [0.717, 1.165) is 5.56 Å². The molecule has 1 aromatic carbocycles. The smallest absolute Gasteiger partial charge is 0.315 e. The molecule has 118 valence electrons. The first-order valence-electron chi connectivity index (χ1n) is 6.95. The number of halogens is 1. The van der Waals surface area contributed by atoms with Crippen molar-refractivity contribution in [2.45, 2.75) is 25.5 Å². The van der Waals surface area contributed by atoms with E-state index in [2.05, 4.69) is 10.6 Å². The van der Waals surface area contributed by atoms with Gasteiger partial charge in [0.15, 0.2) is 0 Å². The fourth-order valence-corrected chi connectivity index (χ4v) is 2.23. The summed E-state index contributed by atoms with van der Waals surface area (Å²) in [5, 5.41) is 16.3. The van der Waals surface area contributed by atoms with Crippen LogP contribution in [0.15, 0.2) is 47.1 Å². The summed E-state index contributed by atoms with van der Waals surface area (Å²) >= 11 is 5.93. The summed E-state index contributed by atoms with van der Waals surface area (Å²) in [6.45, 7) is 3.47. The number of urea groups is 1. The molecule has 5 nitrogen and oxygen atoms in total. The van der Waals surface area contributed by atoms with Crippen LogP contribution in [0.4, 0.5) is 4.79 Å². The van der Waals surface area contributed by atoms with Crippen LogP contribution in [0.2, 0.25) is 5.02 Å². The molecule has 0 bridgehead atoms. The maximum absolute atomic E-state index is 11.9. The van der Waals surface area contributed by atoms with Gasteiger partial charge >= 0.3 is 6.03 Å². The van der Waals surface area contributed by atoms with Crippen molar-refractivity contribution in [2.24, 2.45) is 0 Å². The van der Waals surface area contributed by atoms with Gasteiger partial charge in [-0.25, -0.2) is 4.79 Å². The fraction of sp³-hybridized carbons (Fsp3) is 0.312. The zero-order valence-electron chi connectivity index (χ0n) is 12.5. The third-order valence-corrected chi connectivity index (χ3v) is 3.58. The van der Waals surface area contributed by atoms with Gasteiger partial charge < -0.3 is 20.2 Å². The Morgan fingerprint density at radius 3 is 2.82 bits per heavy atom. The first-order valence-corrected chi connectivity index (χ1v) is 7.32. The van der Waals surface area contributed by atoms with Crippen molar-refractivity contribution < 1.29 is 14.3 Å². The van der Waals surface area contributed by atoms with E-state index in [9.17, 15) is 9.90 Å². The van der Waals surface area contributed by atoms with Gasteiger partial charge in [-0.15, -0.1) is 0 Å². The molecule has 2 atom stereocenters. The lowest BCUT2D eigenvalue weighted by Gasteiger charge is -2.22. The average Bonchev–Trinajstić information content (AvgIpc) is 3.00. The highest BCUT2D eigenvalue weighted by molar-refractivity contribution is 6.30. The highest BCUT2D eigenvalue weighted by Gasteiger charge is 2.27. The van der Waals surface area contributed by atoms with Crippen molar-refractivity contribution in [3.63, 3.8) is 0 Å². The summed E-state index contributed by atoms with van der Waals surface area (Å²) in [5.74, 6) is 0.399. The number of rotatable bonds is 5. The Kier molecular flexibility index (Phi) is 5.11. The molecule has 0 spiro atoms. The molecule has 0 unspecified atom stereocenters. The lowest BCUT2D eigenvalue weighted by atomic mass is 10.0. The minimum atomic E-state index is -1.26. The Hall–Kier alpha value is -1.98. The highest BCUT2D eigenvalue weighted by Crippen LogP contribution is 2.20. The zero-order valence-corrected chi connectivity index (χ0v) is 13.2. The van der Waals surface area contributed by atoms with Crippen LogP contribution < -0.4 is 10.6 Å². The second-order valence-electron chi connectivity index (χ2n) is 5.35. The van der Waals surface area contributed by atoms with E-state index in [-0.39, 0.29) is 18.6 Å². The second kappa shape index (κ2) is 6.85. The molecular weight excluding hydrogens is 304 g/mol. The summed E-state index contributed by atoms with van der Waals surface area (Å²) in [6, 6.07) is 10.1. The monoisotopic (exact) mass is 322 g/mol. The third kappa shape index (κ3) is 4.26. The van der Waals surface area contributed by atoms with Crippen molar-refractivity contribution in [3.8, 4) is 0 Å². The van der Waals surface area contributed by atoms with Crippen LogP contribution in [0.1, 0.15) is 31.2 Å². The van der Waals surface area contributed by atoms with Crippen molar-refractivity contribution in [1.82, 2.24) is 10.6 Å². The Bertz CT molecular complexity index is 626. The SMILES string of the molecule is C[C@@H](NC(=O)NC[C@@](C)(O)c1ccco1)c1cccc(Cl)c1. The summed E-state index contributed by atoms with van der Waals surface area (Å²) in [5.41, 5.74) is -0.361. The molecule has 0 aliphatic rings. The lowest BCUT2D eigenvalue weighted by molar-refractivity contribution is 0.0366. The van der Waals surface area contributed by atoms with E-state index >= 15 is 0 Å². The van der Waals surface area contributed by atoms with Crippen molar-refractivity contribution in [2.75, 3.05) is 6.54 Å². The summed E-state index contributed by atoms with van der Waals surface area (Å²) in [7, 11) is 0. The van der Waals surface area contributed by atoms with Crippen LogP contribution in [0.5, 0.6) is 0 Å². The van der Waals surface area contributed by atoms with E-state index in [1.165, 1.54) is 6.26 Å². The van der Waals surface area contributed by atoms with Gasteiger partial charge in [0.1, 0.15) is 11.4 Å². The fourth-order valence-electron chi connectivity index (χ4n) is 2.03. The molecule has 2 rings (SSSR count). The molecule has 0 fully saturated rings. The average molecular weight is 323 g/mol. The molecule has 0 aliphatic heterocycles. The molecule has 1 heterocycles. The number of hydrogen-bond donors (Lipinski definition) is 3. The number of carbonyl (C=O) groups is 1. The summed E-state index contributed by atoms with van der Waals surface area (Å²) in [6.07, 6.45) is 1.48. The number of amides is 2. The zero-order chi connectivity index (χ0) is 16.2. The van der Waals surface area contributed by atoms with E-state index in [4.69, 9.17) is 16.0 Å². The molecule has 0 aliphatic carbocycles. The molecule has 1 aromatic heterocycles. The normalized spacial score (nSPS) is 14.9. The van der Waals surface area contributed by atoms with Crippen LogP contribution >= 0.6 is 11.6 Å². The molecule has 6 heteroatoms. The molecular formula is C16H19ClN2O3. The topological polar surface area (TPSA) is 74.5 Å². The number of furan rings is 1. The standard InChI is InChI=1S/C16H19ClN2O3/c1-11(12-5-3-6-13(17)9-12)19-15(20)18-10-16(2,21)14-7-4-8-22-14/h3-9,11,21H,10H2,1-2H3,(H2,18,19,20)/t11-,16-/m1/s1. The van der Waals surface area contributed by atoms with Crippen molar-refractivity contribution in [3.05, 3.63) is 59.0 Å². The van der Waals surface area contributed by atoms with Gasteiger partial charge in [-0.2, -0.15) is 0 Å². The molecule has 0 saturated carbocycles. The Morgan fingerprint density at radius 2 is 2.18 bits per heavy atom. The summed E-state index contributed by atoms with van der Waals surface area (Å²) < 4.78 is 5.16. The maximum Gasteiger partial charge on any atom is 0.315 e. The van der Waals surface area contributed by atoms with Gasteiger partial charge in [0.2, 0.25) is 0 Å². The number of aliphatic hydroxyl groups is 1. The quantitative estimate of drug-likeness (QED) is 0.791. The number of nitrogens with one attached hydrogen (secondary N) is 2. The van der Waals surface area contributed by atoms with Gasteiger partial charge in [0, 0.05) is 5.02 Å². The van der Waals surface area contributed by atoms with Crippen molar-refractivity contribution in [1.29, 1.82) is 0 Å². The minimum absolute atomic E-state index is 0.0363. The van der Waals surface area contributed by atoms with Crippen LogP contribution in [0, 0.1) is 0 Å². The third-order valence-electron chi connectivity index (χ3n) is 3.34. The van der Waals surface area contributed by atoms with Crippen LogP contribution in [0.3, 0.4) is 0 Å². The van der Waals surface area contributed by atoms with Gasteiger partial charge in [-0.1, -0.05) is 23.7 Å². The molecule has 2 amide bonds. The summed E-state index contributed by atoms with van der Waals surface area (Å²) in [4.78, 5) is 11.9. The predicted molar refractivity (Wildman–Crippen MR) is 84.7 cm³/mol. The van der Waals surface area contributed by atoms with Gasteiger partial charge in [-0.3, -0.25) is 0 Å². The minimum Gasteiger partial charge on any atom is -0.466 e. The number of benzene rings is 1. The first-order chi connectivity index (χ1) is 10.4. The van der Waals surface area contributed by atoms with Gasteiger partial charge in [0.25, 0.3) is 0 Å².